The van der Waals surface area contributed by atoms with Gasteiger partial charge in [-0.15, -0.1) is 0 Å². The average Bonchev–Trinajstić information content (AvgIpc) is 2.65. The second kappa shape index (κ2) is 12.0. The summed E-state index contributed by atoms with van der Waals surface area (Å²) in [5.41, 5.74) is 2.29. The second-order valence-corrected chi connectivity index (χ2v) is 8.01. The predicted molar refractivity (Wildman–Crippen MR) is 109 cm³/mol. The zero-order valence-corrected chi connectivity index (χ0v) is 20.0. The van der Waals surface area contributed by atoms with Crippen molar-refractivity contribution in [2.24, 2.45) is 0 Å². The van der Waals surface area contributed by atoms with Gasteiger partial charge < -0.3 is 9.22 Å². The van der Waals surface area contributed by atoms with Gasteiger partial charge in [0.1, 0.15) is 6.54 Å². The number of aryl methyl sites for hydroxylation is 1. The molecular formula is C24H33FNOY+. The molecule has 2 nitrogen and oxygen atoms in total. The van der Waals surface area contributed by atoms with Crippen LogP contribution in [0.3, 0.4) is 0 Å². The van der Waals surface area contributed by atoms with Gasteiger partial charge in [0.25, 0.3) is 0 Å². The van der Waals surface area contributed by atoms with Gasteiger partial charge in [-0.1, -0.05) is 48.9 Å². The smallest absolute Gasteiger partial charge is 0.165 e. The van der Waals surface area contributed by atoms with Crippen LogP contribution in [0.15, 0.2) is 48.5 Å². The van der Waals surface area contributed by atoms with Crippen molar-refractivity contribution < 1.29 is 46.3 Å². The van der Waals surface area contributed by atoms with E-state index in [-0.39, 0.29) is 38.5 Å². The Hall–Kier alpha value is -0.766. The predicted octanol–water partition coefficient (Wildman–Crippen LogP) is 5.88. The number of halogens is 1. The minimum absolute atomic E-state index is 0. The summed E-state index contributed by atoms with van der Waals surface area (Å²) in [7, 11) is 0. The van der Waals surface area contributed by atoms with Crippen molar-refractivity contribution in [1.82, 2.24) is 0 Å². The maximum atomic E-state index is 14.0. The Bertz CT molecular complexity index is 679. The van der Waals surface area contributed by atoms with Crippen molar-refractivity contribution in [2.75, 3.05) is 26.2 Å². The normalized spacial score (nSPS) is 16.5. The molecule has 1 fully saturated rings. The monoisotopic (exact) mass is 459 g/mol. The molecule has 0 saturated carbocycles. The first-order valence-corrected chi connectivity index (χ1v) is 10.5. The first-order valence-electron chi connectivity index (χ1n) is 10.5. The van der Waals surface area contributed by atoms with Crippen LogP contribution >= 0.6 is 0 Å². The number of rotatable bonds is 7. The van der Waals surface area contributed by atoms with Crippen LogP contribution in [0.25, 0.3) is 0 Å². The third-order valence-corrected chi connectivity index (χ3v) is 5.81. The summed E-state index contributed by atoms with van der Waals surface area (Å²) >= 11 is 0. The molecule has 1 aliphatic heterocycles. The summed E-state index contributed by atoms with van der Waals surface area (Å²) in [6.45, 7) is 7.17. The number of para-hydroxylation sites is 1. The molecule has 1 aliphatic rings. The molecule has 2 aromatic carbocycles. The molecule has 4 heteroatoms. The molecule has 0 N–H and O–H groups in total. The molecule has 28 heavy (non-hydrogen) atoms. The zero-order valence-electron chi connectivity index (χ0n) is 17.2. The Kier molecular flexibility index (Phi) is 10.1. The second-order valence-electron chi connectivity index (χ2n) is 8.01. The van der Waals surface area contributed by atoms with E-state index < -0.39 is 0 Å². The van der Waals surface area contributed by atoms with Crippen LogP contribution < -0.4 is 4.74 Å². The first kappa shape index (κ1) is 23.5. The van der Waals surface area contributed by atoms with E-state index in [2.05, 4.69) is 30.3 Å². The molecule has 3 rings (SSSR count). The number of nitrogens with zero attached hydrogens (tertiary/aromatic N) is 1. The summed E-state index contributed by atoms with van der Waals surface area (Å²) in [5.74, 6) is 0.161. The van der Waals surface area contributed by atoms with Crippen molar-refractivity contribution in [1.29, 1.82) is 0 Å². The van der Waals surface area contributed by atoms with E-state index in [0.29, 0.717) is 12.4 Å². The van der Waals surface area contributed by atoms with Crippen molar-refractivity contribution in [3.63, 3.8) is 0 Å². The Labute approximate surface area is 194 Å². The summed E-state index contributed by atoms with van der Waals surface area (Å²) < 4.78 is 20.9. The fourth-order valence-corrected chi connectivity index (χ4v) is 4.34. The van der Waals surface area contributed by atoms with E-state index in [1.165, 1.54) is 56.8 Å². The van der Waals surface area contributed by atoms with Crippen molar-refractivity contribution in [3.8, 4) is 5.75 Å². The molecule has 0 spiro atoms. The van der Waals surface area contributed by atoms with Gasteiger partial charge >= 0.3 is 0 Å². The number of hydrogen-bond donors (Lipinski definition) is 0. The summed E-state index contributed by atoms with van der Waals surface area (Å²) in [6, 6.07) is 16.0. The average molecular weight is 459 g/mol. The standard InChI is InChI=1S/C24H33FNO.Y/c1-21-12-10-15-23(25)24(21)27-19-11-18-26(16-8-3-2-4-9-17-26)20-22-13-6-5-7-14-22;/h5-7,10,12-15H,2-4,8-9,11,16-20H2,1H3;/q+1;. The molecule has 149 valence electrons. The minimum atomic E-state index is -0.255. The Morgan fingerprint density at radius 3 is 2.25 bits per heavy atom. The molecule has 0 aliphatic carbocycles. The van der Waals surface area contributed by atoms with Gasteiger partial charge in [0.05, 0.1) is 26.2 Å². The van der Waals surface area contributed by atoms with E-state index >= 15 is 0 Å². The van der Waals surface area contributed by atoms with E-state index in [9.17, 15) is 4.39 Å². The fraction of sp³-hybridized carbons (Fsp3) is 0.500. The summed E-state index contributed by atoms with van der Waals surface area (Å²) in [6.07, 6.45) is 7.64. The van der Waals surface area contributed by atoms with Crippen molar-refractivity contribution >= 4 is 0 Å². The van der Waals surface area contributed by atoms with Gasteiger partial charge in [-0.05, 0) is 44.2 Å². The van der Waals surface area contributed by atoms with Gasteiger partial charge in [-0.25, -0.2) is 4.39 Å². The van der Waals surface area contributed by atoms with Gasteiger partial charge in [0.2, 0.25) is 0 Å². The van der Waals surface area contributed by atoms with E-state index in [0.717, 1.165) is 29.6 Å². The number of likely N-dealkylation sites (tertiary alicyclic amines) is 1. The molecule has 0 aromatic heterocycles. The minimum Gasteiger partial charge on any atom is -0.490 e. The SMILES string of the molecule is Cc1cccc(F)c1OCCC[N+]1(Cc2ccccc2)CCCCCCC1.[Y]. The topological polar surface area (TPSA) is 9.23 Å². The molecule has 1 radical (unpaired) electrons. The molecule has 0 atom stereocenters. The van der Waals surface area contributed by atoms with Crippen molar-refractivity contribution in [3.05, 3.63) is 65.5 Å². The molecule has 2 aromatic rings. The number of benzene rings is 2. The zero-order chi connectivity index (χ0) is 19.0. The van der Waals surface area contributed by atoms with Crippen LogP contribution in [0.1, 0.15) is 49.7 Å². The van der Waals surface area contributed by atoms with Crippen LogP contribution in [0.2, 0.25) is 0 Å². The fourth-order valence-electron chi connectivity index (χ4n) is 4.34. The molecule has 1 heterocycles. The van der Waals surface area contributed by atoms with Gasteiger partial charge in [0.15, 0.2) is 11.6 Å². The van der Waals surface area contributed by atoms with Crippen LogP contribution in [0.5, 0.6) is 5.75 Å². The molecular weight excluding hydrogens is 426 g/mol. The van der Waals surface area contributed by atoms with Crippen LogP contribution in [0.4, 0.5) is 4.39 Å². The Balaban J connectivity index is 0.00000280. The maximum Gasteiger partial charge on any atom is 0.165 e. The Morgan fingerprint density at radius 1 is 0.893 bits per heavy atom. The summed E-state index contributed by atoms with van der Waals surface area (Å²) in [5, 5.41) is 0. The third-order valence-electron chi connectivity index (χ3n) is 5.81. The summed E-state index contributed by atoms with van der Waals surface area (Å²) in [4.78, 5) is 0. The van der Waals surface area contributed by atoms with Crippen LogP contribution in [0, 0.1) is 12.7 Å². The van der Waals surface area contributed by atoms with Gasteiger partial charge in [-0.3, -0.25) is 0 Å². The molecule has 0 amide bonds. The largest absolute Gasteiger partial charge is 0.490 e. The van der Waals surface area contributed by atoms with Crippen LogP contribution in [-0.4, -0.2) is 30.7 Å². The first-order chi connectivity index (χ1) is 13.2. The molecule has 0 bridgehead atoms. The third kappa shape index (κ3) is 6.93. The quantitative estimate of drug-likeness (QED) is 0.371. The number of hydrogen-bond acceptors (Lipinski definition) is 1. The number of ether oxygens (including phenoxy) is 1. The van der Waals surface area contributed by atoms with Crippen LogP contribution in [-0.2, 0) is 39.3 Å². The number of quaternary nitrogens is 1. The molecule has 0 unspecified atom stereocenters. The maximum absolute atomic E-state index is 14.0. The van der Waals surface area contributed by atoms with E-state index in [1.54, 1.807) is 6.07 Å². The van der Waals surface area contributed by atoms with E-state index in [4.69, 9.17) is 4.74 Å². The van der Waals surface area contributed by atoms with Crippen molar-refractivity contribution in [2.45, 2.75) is 52.0 Å². The van der Waals surface area contributed by atoms with E-state index in [1.807, 2.05) is 13.0 Å². The van der Waals surface area contributed by atoms with Gasteiger partial charge in [0, 0.05) is 44.7 Å². The molecule has 1 saturated heterocycles. The van der Waals surface area contributed by atoms with Gasteiger partial charge in [-0.2, -0.15) is 0 Å². The Morgan fingerprint density at radius 2 is 1.57 bits per heavy atom.